The molecule has 0 saturated heterocycles. The number of anilines is 1. The van der Waals surface area contributed by atoms with Gasteiger partial charge in [0.1, 0.15) is 0 Å². The summed E-state index contributed by atoms with van der Waals surface area (Å²) in [5.74, 6) is 0.202. The van der Waals surface area contributed by atoms with Crippen LogP contribution in [0.25, 0.3) is 11.1 Å². The summed E-state index contributed by atoms with van der Waals surface area (Å²) in [6, 6.07) is 12.1. The van der Waals surface area contributed by atoms with Crippen molar-refractivity contribution in [2.45, 2.75) is 25.7 Å². The summed E-state index contributed by atoms with van der Waals surface area (Å²) in [7, 11) is 0. The van der Waals surface area contributed by atoms with Crippen molar-refractivity contribution in [1.29, 1.82) is 0 Å². The summed E-state index contributed by atoms with van der Waals surface area (Å²) in [4.78, 5) is 23.0. The number of thiophene rings is 1. The Morgan fingerprint density at radius 2 is 1.79 bits per heavy atom. The van der Waals surface area contributed by atoms with Crippen LogP contribution in [0.5, 0.6) is 0 Å². The minimum atomic E-state index is -0.0528. The molecule has 0 fully saturated rings. The first-order valence-corrected chi connectivity index (χ1v) is 9.51. The van der Waals surface area contributed by atoms with Crippen molar-refractivity contribution in [3.8, 4) is 11.1 Å². The first kappa shape index (κ1) is 18.5. The van der Waals surface area contributed by atoms with Crippen LogP contribution in [0.2, 0.25) is 0 Å². The van der Waals surface area contributed by atoms with E-state index in [4.69, 9.17) is 0 Å². The molecule has 0 atom stereocenters. The predicted molar refractivity (Wildman–Crippen MR) is 104 cm³/mol. The second kappa shape index (κ2) is 10.2. The van der Waals surface area contributed by atoms with E-state index in [2.05, 4.69) is 40.8 Å². The van der Waals surface area contributed by atoms with Crippen LogP contribution >= 0.6 is 24.0 Å². The first-order valence-electron chi connectivity index (χ1n) is 8.00. The van der Waals surface area contributed by atoms with Gasteiger partial charge in [-0.25, -0.2) is 0 Å². The number of rotatable bonds is 9. The second-order valence-corrected chi connectivity index (χ2v) is 6.66. The Morgan fingerprint density at radius 3 is 2.54 bits per heavy atom. The van der Waals surface area contributed by atoms with Gasteiger partial charge in [0.2, 0.25) is 11.8 Å². The monoisotopic (exact) mass is 362 g/mol. The minimum absolute atomic E-state index is 0.0378. The van der Waals surface area contributed by atoms with Crippen LogP contribution in [-0.2, 0) is 9.59 Å². The number of carbonyl (C=O) groups excluding carboxylic acids is 2. The van der Waals surface area contributed by atoms with E-state index < -0.39 is 0 Å². The van der Waals surface area contributed by atoms with Crippen LogP contribution in [0.15, 0.2) is 41.8 Å². The normalized spacial score (nSPS) is 10.4. The van der Waals surface area contributed by atoms with Crippen molar-refractivity contribution in [2.75, 3.05) is 17.6 Å². The summed E-state index contributed by atoms with van der Waals surface area (Å²) in [6.07, 6.45) is 3.11. The average molecular weight is 363 g/mol. The van der Waals surface area contributed by atoms with Gasteiger partial charge in [0.05, 0.1) is 10.8 Å². The van der Waals surface area contributed by atoms with Gasteiger partial charge in [-0.1, -0.05) is 36.8 Å². The molecule has 0 bridgehead atoms. The predicted octanol–water partition coefficient (Wildman–Crippen LogP) is 3.96. The minimum Gasteiger partial charge on any atom is -0.355 e. The third kappa shape index (κ3) is 6.37. The van der Waals surface area contributed by atoms with E-state index in [1.807, 2.05) is 24.3 Å². The zero-order valence-corrected chi connectivity index (χ0v) is 15.2. The highest BCUT2D eigenvalue weighted by Crippen LogP contribution is 2.28. The van der Waals surface area contributed by atoms with Gasteiger partial charge in [-0.3, -0.25) is 9.59 Å². The van der Waals surface area contributed by atoms with E-state index in [0.29, 0.717) is 13.0 Å². The molecule has 1 heterocycles. The van der Waals surface area contributed by atoms with Crippen LogP contribution < -0.4 is 10.6 Å². The summed E-state index contributed by atoms with van der Waals surface area (Å²) < 4.78 is 0. The van der Waals surface area contributed by atoms with Crippen LogP contribution in [0.4, 0.5) is 5.00 Å². The Balaban J connectivity index is 1.66. The van der Waals surface area contributed by atoms with Crippen molar-refractivity contribution < 1.29 is 9.59 Å². The van der Waals surface area contributed by atoms with E-state index in [0.717, 1.165) is 35.4 Å². The molecule has 4 nitrogen and oxygen atoms in total. The van der Waals surface area contributed by atoms with Crippen LogP contribution in [0, 0.1) is 0 Å². The number of hydrogen-bond donors (Lipinski definition) is 3. The third-order valence-electron chi connectivity index (χ3n) is 3.52. The molecule has 1 aromatic heterocycles. The molecule has 0 saturated carbocycles. The maximum Gasteiger partial charge on any atom is 0.229 e. The fraction of sp³-hybridized carbons (Fsp3) is 0.333. The zero-order chi connectivity index (χ0) is 17.2. The molecule has 2 rings (SSSR count). The molecule has 128 valence electrons. The highest BCUT2D eigenvalue weighted by atomic mass is 32.1. The number of thiol groups is 1. The molecule has 2 aromatic rings. The van der Waals surface area contributed by atoms with Crippen molar-refractivity contribution in [1.82, 2.24) is 5.32 Å². The Bertz CT molecular complexity index is 656. The number of nitrogens with one attached hydrogen (secondary N) is 2. The number of hydrogen-bond acceptors (Lipinski definition) is 4. The van der Waals surface area contributed by atoms with E-state index >= 15 is 0 Å². The third-order valence-corrected chi connectivity index (χ3v) is 4.65. The summed E-state index contributed by atoms with van der Waals surface area (Å²) >= 11 is 5.43. The second-order valence-electron chi connectivity index (χ2n) is 5.43. The highest BCUT2D eigenvalue weighted by Gasteiger charge is 2.06. The number of benzene rings is 1. The summed E-state index contributed by atoms with van der Waals surface area (Å²) in [5, 5.41) is 8.64. The number of amides is 2. The van der Waals surface area contributed by atoms with Crippen molar-refractivity contribution >= 4 is 40.8 Å². The average Bonchev–Trinajstić information content (AvgIpc) is 3.07. The van der Waals surface area contributed by atoms with Gasteiger partial charge in [0.15, 0.2) is 0 Å². The lowest BCUT2D eigenvalue weighted by Gasteiger charge is -2.04. The van der Waals surface area contributed by atoms with Crippen LogP contribution in [0.3, 0.4) is 0 Å². The molecule has 0 aliphatic carbocycles. The van der Waals surface area contributed by atoms with Crippen LogP contribution in [0.1, 0.15) is 25.7 Å². The summed E-state index contributed by atoms with van der Waals surface area (Å²) in [6.45, 7) is 0.645. The Labute approximate surface area is 152 Å². The molecule has 6 heteroatoms. The smallest absolute Gasteiger partial charge is 0.229 e. The SMILES string of the molecule is O=C(CS)NCCCCCC(=O)Nc1cc(-c2ccccc2)cs1. The highest BCUT2D eigenvalue weighted by molar-refractivity contribution is 7.81. The summed E-state index contributed by atoms with van der Waals surface area (Å²) in [5.41, 5.74) is 2.27. The molecule has 0 aliphatic rings. The Morgan fingerprint density at radius 1 is 1.00 bits per heavy atom. The molecule has 2 amide bonds. The van der Waals surface area contributed by atoms with E-state index in [1.165, 1.54) is 11.3 Å². The largest absolute Gasteiger partial charge is 0.355 e. The van der Waals surface area contributed by atoms with E-state index in [1.54, 1.807) is 0 Å². The van der Waals surface area contributed by atoms with E-state index in [-0.39, 0.29) is 17.6 Å². The fourth-order valence-electron chi connectivity index (χ4n) is 2.25. The van der Waals surface area contributed by atoms with Gasteiger partial charge in [-0.2, -0.15) is 12.6 Å². The molecule has 0 aliphatic heterocycles. The van der Waals surface area contributed by atoms with Gasteiger partial charge in [0.25, 0.3) is 0 Å². The number of carbonyl (C=O) groups is 2. The lowest BCUT2D eigenvalue weighted by Crippen LogP contribution is -2.25. The van der Waals surface area contributed by atoms with Gasteiger partial charge in [-0.05, 0) is 30.0 Å². The Hall–Kier alpha value is -1.79. The topological polar surface area (TPSA) is 58.2 Å². The standard InChI is InChI=1S/C18H22N2O2S2/c21-16(9-5-2-6-10-19-17(22)12-23)20-18-11-15(13-24-18)14-7-3-1-4-8-14/h1,3-4,7-8,11,13,23H,2,5-6,9-10,12H2,(H,19,22)(H,20,21). The number of unbranched alkanes of at least 4 members (excludes halogenated alkanes) is 2. The van der Waals surface area contributed by atoms with Crippen molar-refractivity contribution in [3.63, 3.8) is 0 Å². The van der Waals surface area contributed by atoms with Gasteiger partial charge < -0.3 is 10.6 Å². The van der Waals surface area contributed by atoms with Crippen LogP contribution in [-0.4, -0.2) is 24.1 Å². The molecule has 24 heavy (non-hydrogen) atoms. The quantitative estimate of drug-likeness (QED) is 0.467. The Kier molecular flexibility index (Phi) is 7.85. The zero-order valence-electron chi connectivity index (χ0n) is 13.5. The van der Waals surface area contributed by atoms with E-state index in [9.17, 15) is 9.59 Å². The lowest BCUT2D eigenvalue weighted by atomic mass is 10.1. The molecule has 0 radical (unpaired) electrons. The van der Waals surface area contributed by atoms with Crippen molar-refractivity contribution in [2.24, 2.45) is 0 Å². The lowest BCUT2D eigenvalue weighted by molar-refractivity contribution is -0.118. The van der Waals surface area contributed by atoms with Gasteiger partial charge in [-0.15, -0.1) is 11.3 Å². The molecule has 0 unspecified atom stereocenters. The molecular formula is C18H22N2O2S2. The molecule has 2 N–H and O–H groups in total. The fourth-order valence-corrected chi connectivity index (χ4v) is 3.19. The maximum absolute atomic E-state index is 12.0. The molecule has 1 aromatic carbocycles. The maximum atomic E-state index is 12.0. The first-order chi connectivity index (χ1) is 11.7. The van der Waals surface area contributed by atoms with Gasteiger partial charge in [0, 0.05) is 18.3 Å². The molecule has 0 spiro atoms. The molecular weight excluding hydrogens is 340 g/mol. The van der Waals surface area contributed by atoms with Crippen molar-refractivity contribution in [3.05, 3.63) is 41.8 Å². The van der Waals surface area contributed by atoms with Gasteiger partial charge >= 0.3 is 0 Å².